The van der Waals surface area contributed by atoms with Gasteiger partial charge in [-0.1, -0.05) is 22.5 Å². The molecule has 7 heavy (non-hydrogen) atoms. The number of hydrogen-bond donors (Lipinski definition) is 0. The smallest absolute Gasteiger partial charge is 0.126 e. The van der Waals surface area contributed by atoms with Gasteiger partial charge < -0.3 is 0 Å². The van der Waals surface area contributed by atoms with Gasteiger partial charge in [0.05, 0.1) is 0 Å². The monoisotopic (exact) mass is 196 g/mol. The van der Waals surface area contributed by atoms with Crippen molar-refractivity contribution in [3.63, 3.8) is 0 Å². The SMILES string of the molecule is ClCCSP(Cl)Cl. The number of alkyl halides is 1. The van der Waals surface area contributed by atoms with Gasteiger partial charge in [-0.15, -0.1) is 23.0 Å². The van der Waals surface area contributed by atoms with Crippen LogP contribution in [-0.4, -0.2) is 11.6 Å². The highest BCUT2D eigenvalue weighted by Crippen LogP contribution is 2.58. The molecule has 0 saturated carbocycles. The Morgan fingerprint density at radius 3 is 2.14 bits per heavy atom. The molecular weight excluding hydrogens is 193 g/mol. The van der Waals surface area contributed by atoms with Crippen LogP contribution in [0, 0.1) is 0 Å². The van der Waals surface area contributed by atoms with Gasteiger partial charge in [0.2, 0.25) is 0 Å². The Kier molecular flexibility index (Phi) is 7.14. The van der Waals surface area contributed by atoms with E-state index >= 15 is 0 Å². The molecular formula is C2H4Cl3PS. The van der Waals surface area contributed by atoms with Crippen LogP contribution >= 0.6 is 51.3 Å². The maximum atomic E-state index is 5.39. The second-order valence-corrected chi connectivity index (χ2v) is 7.79. The van der Waals surface area contributed by atoms with E-state index in [-0.39, 0.29) is 0 Å². The molecule has 0 aromatic rings. The molecule has 0 nitrogen and oxygen atoms in total. The summed E-state index contributed by atoms with van der Waals surface area (Å²) in [6.45, 7) is 0. The zero-order valence-electron chi connectivity index (χ0n) is 3.40. The summed E-state index contributed by atoms with van der Waals surface area (Å²) in [6, 6.07) is 0. The van der Waals surface area contributed by atoms with E-state index in [4.69, 9.17) is 34.1 Å². The van der Waals surface area contributed by atoms with Crippen molar-refractivity contribution in [2.45, 2.75) is 0 Å². The minimum absolute atomic E-state index is 0.628. The molecule has 5 heteroatoms. The molecule has 0 aliphatic rings. The molecule has 0 rings (SSSR count). The lowest BCUT2D eigenvalue weighted by Crippen LogP contribution is -1.70. The number of halogens is 3. The predicted octanol–water partition coefficient (Wildman–Crippen LogP) is 3.66. The fourth-order valence-electron chi connectivity index (χ4n) is 0.104. The summed E-state index contributed by atoms with van der Waals surface area (Å²) < 4.78 is 0. The number of rotatable bonds is 3. The summed E-state index contributed by atoms with van der Waals surface area (Å²) in [6.07, 6.45) is 0. The van der Waals surface area contributed by atoms with Gasteiger partial charge in [-0.05, 0) is 0 Å². The lowest BCUT2D eigenvalue weighted by Gasteiger charge is -1.92. The molecule has 0 atom stereocenters. The van der Waals surface area contributed by atoms with E-state index in [1.807, 2.05) is 0 Å². The van der Waals surface area contributed by atoms with E-state index in [1.54, 1.807) is 0 Å². The van der Waals surface area contributed by atoms with E-state index in [9.17, 15) is 0 Å². The van der Waals surface area contributed by atoms with Crippen molar-refractivity contribution in [3.8, 4) is 0 Å². The topological polar surface area (TPSA) is 0 Å². The van der Waals surface area contributed by atoms with Crippen molar-refractivity contribution in [3.05, 3.63) is 0 Å². The molecule has 0 aromatic heterocycles. The van der Waals surface area contributed by atoms with Crippen LogP contribution in [-0.2, 0) is 0 Å². The highest BCUT2D eigenvalue weighted by Gasteiger charge is 1.95. The lowest BCUT2D eigenvalue weighted by atomic mass is 11.0. The first-order valence-corrected chi connectivity index (χ1v) is 6.85. The minimum Gasteiger partial charge on any atom is -0.126 e. The third-order valence-electron chi connectivity index (χ3n) is 0.266. The van der Waals surface area contributed by atoms with E-state index in [0.29, 0.717) is 5.88 Å². The van der Waals surface area contributed by atoms with Crippen molar-refractivity contribution in [2.24, 2.45) is 0 Å². The Balaban J connectivity index is 2.68. The average Bonchev–Trinajstić information content (AvgIpc) is 1.61. The van der Waals surface area contributed by atoms with Crippen LogP contribution in [0.5, 0.6) is 0 Å². The quantitative estimate of drug-likeness (QED) is 0.491. The van der Waals surface area contributed by atoms with Gasteiger partial charge in [0.1, 0.15) is 5.83 Å². The second-order valence-electron chi connectivity index (χ2n) is 0.724. The molecule has 0 amide bonds. The fourth-order valence-corrected chi connectivity index (χ4v) is 2.79. The molecule has 0 spiro atoms. The molecule has 44 valence electrons. The largest absolute Gasteiger partial charge is 0.145 e. The maximum Gasteiger partial charge on any atom is 0.145 e. The molecule has 0 heterocycles. The summed E-state index contributed by atoms with van der Waals surface area (Å²) >= 11 is 17.6. The van der Waals surface area contributed by atoms with Crippen LogP contribution in [0.3, 0.4) is 0 Å². The average molecular weight is 197 g/mol. The summed E-state index contributed by atoms with van der Waals surface area (Å²) in [5.41, 5.74) is 0. The highest BCUT2D eigenvalue weighted by atomic mass is 35.9. The molecule has 0 aliphatic carbocycles. The molecule has 0 bridgehead atoms. The van der Waals surface area contributed by atoms with Gasteiger partial charge in [-0.3, -0.25) is 0 Å². The van der Waals surface area contributed by atoms with Gasteiger partial charge >= 0.3 is 0 Å². The van der Waals surface area contributed by atoms with Crippen molar-refractivity contribution >= 4 is 51.3 Å². The lowest BCUT2D eigenvalue weighted by molar-refractivity contribution is 1.55. The Hall–Kier alpha value is 1.65. The first-order chi connectivity index (χ1) is 3.27. The summed E-state index contributed by atoms with van der Waals surface area (Å²) in [5.74, 6) is 0.646. The van der Waals surface area contributed by atoms with Crippen LogP contribution in [0.2, 0.25) is 0 Å². The van der Waals surface area contributed by atoms with Crippen LogP contribution in [0.1, 0.15) is 0 Å². The van der Waals surface area contributed by atoms with Crippen molar-refractivity contribution in [1.82, 2.24) is 0 Å². The van der Waals surface area contributed by atoms with Crippen molar-refractivity contribution in [2.75, 3.05) is 11.6 Å². The minimum atomic E-state index is -0.830. The predicted molar refractivity (Wildman–Crippen MR) is 41.8 cm³/mol. The van der Waals surface area contributed by atoms with Gasteiger partial charge in [-0.25, -0.2) is 0 Å². The molecule has 0 aliphatic heterocycles. The van der Waals surface area contributed by atoms with Crippen LogP contribution in [0.15, 0.2) is 0 Å². The Morgan fingerprint density at radius 2 is 2.00 bits per heavy atom. The second kappa shape index (κ2) is 5.78. The summed E-state index contributed by atoms with van der Waals surface area (Å²) in [7, 11) is 0. The van der Waals surface area contributed by atoms with Gasteiger partial charge in [-0.2, -0.15) is 0 Å². The molecule has 0 N–H and O–H groups in total. The first-order valence-electron chi connectivity index (χ1n) is 1.58. The zero-order chi connectivity index (χ0) is 5.70. The highest BCUT2D eigenvalue weighted by molar-refractivity contribution is 8.70. The molecule has 0 saturated heterocycles. The maximum absolute atomic E-state index is 5.39. The number of hydrogen-bond acceptors (Lipinski definition) is 1. The van der Waals surface area contributed by atoms with E-state index in [1.165, 1.54) is 11.4 Å². The standard InChI is InChI=1S/C2H4Cl3PS/c3-1-2-7-6(4)5/h1-2H2. The first kappa shape index (κ1) is 8.65. The van der Waals surface area contributed by atoms with E-state index in [2.05, 4.69) is 0 Å². The summed E-state index contributed by atoms with van der Waals surface area (Å²) in [4.78, 5) is 0. The normalized spacial score (nSPS) is 10.3. The molecule has 0 radical (unpaired) electrons. The van der Waals surface area contributed by atoms with E-state index < -0.39 is 5.83 Å². The van der Waals surface area contributed by atoms with Crippen molar-refractivity contribution in [1.29, 1.82) is 0 Å². The van der Waals surface area contributed by atoms with Gasteiger partial charge in [0, 0.05) is 11.6 Å². The zero-order valence-corrected chi connectivity index (χ0v) is 7.38. The van der Waals surface area contributed by atoms with Crippen LogP contribution in [0.4, 0.5) is 0 Å². The third-order valence-corrected chi connectivity index (χ3v) is 4.15. The molecule has 0 fully saturated rings. The van der Waals surface area contributed by atoms with E-state index in [0.717, 1.165) is 5.75 Å². The summed E-state index contributed by atoms with van der Waals surface area (Å²) in [5, 5.41) is 0. The third kappa shape index (κ3) is 7.65. The Labute approximate surface area is 63.0 Å². The van der Waals surface area contributed by atoms with Crippen LogP contribution in [0.25, 0.3) is 0 Å². The van der Waals surface area contributed by atoms with Gasteiger partial charge in [0.15, 0.2) is 0 Å². The van der Waals surface area contributed by atoms with Crippen molar-refractivity contribution < 1.29 is 0 Å². The Morgan fingerprint density at radius 1 is 1.43 bits per heavy atom. The Bertz CT molecular complexity index is 41.9. The molecule has 0 aromatic carbocycles. The fraction of sp³-hybridized carbons (Fsp3) is 1.00. The molecule has 0 unspecified atom stereocenters. The van der Waals surface area contributed by atoms with Gasteiger partial charge in [0.25, 0.3) is 0 Å². The van der Waals surface area contributed by atoms with Crippen LogP contribution < -0.4 is 0 Å².